The molecule has 4 rings (SSSR count). The van der Waals surface area contributed by atoms with E-state index in [9.17, 15) is 4.79 Å². The van der Waals surface area contributed by atoms with Gasteiger partial charge in [0.15, 0.2) is 0 Å². The van der Waals surface area contributed by atoms with E-state index < -0.39 is 0 Å². The SMILES string of the molecule is Cc1nc(-c2ccc(CNC(=O)c3ccc(-n4cccc4)cc3)s2)cs1. The van der Waals surface area contributed by atoms with Crippen molar-refractivity contribution in [3.05, 3.63) is 81.8 Å². The van der Waals surface area contributed by atoms with E-state index in [4.69, 9.17) is 0 Å². The van der Waals surface area contributed by atoms with Crippen molar-refractivity contribution in [2.75, 3.05) is 0 Å². The number of nitrogens with zero attached hydrogens (tertiary/aromatic N) is 2. The van der Waals surface area contributed by atoms with E-state index in [1.807, 2.05) is 66.3 Å². The average Bonchev–Trinajstić information content (AvgIpc) is 3.41. The summed E-state index contributed by atoms with van der Waals surface area (Å²) in [7, 11) is 0. The van der Waals surface area contributed by atoms with Crippen LogP contribution in [0.5, 0.6) is 0 Å². The minimum absolute atomic E-state index is 0.0662. The molecule has 4 nitrogen and oxygen atoms in total. The van der Waals surface area contributed by atoms with Gasteiger partial charge >= 0.3 is 0 Å². The molecule has 0 saturated carbocycles. The smallest absolute Gasteiger partial charge is 0.251 e. The lowest BCUT2D eigenvalue weighted by atomic mass is 10.2. The standard InChI is InChI=1S/C20H17N3OS2/c1-14-22-18(13-25-14)19-9-8-17(26-19)12-21-20(24)15-4-6-16(7-5-15)23-10-2-3-11-23/h2-11,13H,12H2,1H3,(H,21,24). The Labute approximate surface area is 159 Å². The molecule has 6 heteroatoms. The second-order valence-corrected chi connectivity index (χ2v) is 8.07. The average molecular weight is 380 g/mol. The summed E-state index contributed by atoms with van der Waals surface area (Å²) in [6, 6.07) is 15.7. The Balaban J connectivity index is 1.39. The van der Waals surface area contributed by atoms with Crippen LogP contribution < -0.4 is 5.32 Å². The highest BCUT2D eigenvalue weighted by molar-refractivity contribution is 7.16. The number of amides is 1. The maximum atomic E-state index is 12.4. The Bertz CT molecular complexity index is 1010. The van der Waals surface area contributed by atoms with Gasteiger partial charge in [-0.2, -0.15) is 0 Å². The molecule has 1 aromatic carbocycles. The van der Waals surface area contributed by atoms with Crippen LogP contribution in [0.3, 0.4) is 0 Å². The third-order valence-electron chi connectivity index (χ3n) is 3.99. The zero-order valence-electron chi connectivity index (χ0n) is 14.2. The molecule has 0 radical (unpaired) electrons. The minimum Gasteiger partial charge on any atom is -0.347 e. The van der Waals surface area contributed by atoms with Gasteiger partial charge in [-0.05, 0) is 55.5 Å². The molecule has 0 saturated heterocycles. The predicted octanol–water partition coefficient (Wildman–Crippen LogP) is 4.90. The lowest BCUT2D eigenvalue weighted by Gasteiger charge is -2.06. The fourth-order valence-electron chi connectivity index (χ4n) is 2.65. The Hall–Kier alpha value is -2.70. The van der Waals surface area contributed by atoms with Crippen LogP contribution in [0.1, 0.15) is 20.2 Å². The molecule has 0 fully saturated rings. The van der Waals surface area contributed by atoms with E-state index in [1.54, 1.807) is 22.7 Å². The zero-order chi connectivity index (χ0) is 17.9. The lowest BCUT2D eigenvalue weighted by molar-refractivity contribution is 0.0951. The van der Waals surface area contributed by atoms with Gasteiger partial charge in [-0.1, -0.05) is 0 Å². The first-order chi connectivity index (χ1) is 12.7. The van der Waals surface area contributed by atoms with E-state index in [-0.39, 0.29) is 5.91 Å². The highest BCUT2D eigenvalue weighted by Gasteiger charge is 2.09. The number of aryl methyl sites for hydroxylation is 1. The maximum absolute atomic E-state index is 12.4. The van der Waals surface area contributed by atoms with Crippen molar-refractivity contribution >= 4 is 28.6 Å². The molecule has 0 aliphatic heterocycles. The molecule has 1 amide bonds. The van der Waals surface area contributed by atoms with Crippen LogP contribution in [0.4, 0.5) is 0 Å². The zero-order valence-corrected chi connectivity index (χ0v) is 15.8. The van der Waals surface area contributed by atoms with Gasteiger partial charge in [0, 0.05) is 33.9 Å². The van der Waals surface area contributed by atoms with E-state index in [1.165, 1.54) is 0 Å². The van der Waals surface area contributed by atoms with Crippen molar-refractivity contribution in [2.24, 2.45) is 0 Å². The molecule has 4 aromatic rings. The second kappa shape index (κ2) is 7.27. The van der Waals surface area contributed by atoms with E-state index in [0.29, 0.717) is 12.1 Å². The molecule has 0 bridgehead atoms. The molecule has 1 N–H and O–H groups in total. The van der Waals surface area contributed by atoms with Gasteiger partial charge in [-0.25, -0.2) is 4.98 Å². The topological polar surface area (TPSA) is 46.9 Å². The number of carbonyl (C=O) groups is 1. The van der Waals surface area contributed by atoms with Gasteiger partial charge in [-0.3, -0.25) is 4.79 Å². The van der Waals surface area contributed by atoms with Crippen molar-refractivity contribution in [1.82, 2.24) is 14.9 Å². The van der Waals surface area contributed by atoms with Gasteiger partial charge in [0.1, 0.15) is 0 Å². The third-order valence-corrected chi connectivity index (χ3v) is 5.87. The van der Waals surface area contributed by atoms with Crippen LogP contribution >= 0.6 is 22.7 Å². The highest BCUT2D eigenvalue weighted by Crippen LogP contribution is 2.28. The summed E-state index contributed by atoms with van der Waals surface area (Å²) < 4.78 is 2.01. The maximum Gasteiger partial charge on any atom is 0.251 e. The van der Waals surface area contributed by atoms with Crippen LogP contribution in [0.15, 0.2) is 66.3 Å². The molecule has 3 heterocycles. The minimum atomic E-state index is -0.0662. The molecule has 0 spiro atoms. The Morgan fingerprint density at radius 3 is 2.58 bits per heavy atom. The van der Waals surface area contributed by atoms with E-state index in [0.717, 1.165) is 26.1 Å². The second-order valence-electron chi connectivity index (χ2n) is 5.84. The van der Waals surface area contributed by atoms with E-state index >= 15 is 0 Å². The molecule has 0 unspecified atom stereocenters. The first kappa shape index (κ1) is 16.8. The number of hydrogen-bond acceptors (Lipinski definition) is 4. The van der Waals surface area contributed by atoms with Gasteiger partial charge in [0.05, 0.1) is 22.1 Å². The Morgan fingerprint density at radius 1 is 1.12 bits per heavy atom. The molecular weight excluding hydrogens is 362 g/mol. The van der Waals surface area contributed by atoms with Gasteiger partial charge in [-0.15, -0.1) is 22.7 Å². The van der Waals surface area contributed by atoms with Gasteiger partial charge in [0.25, 0.3) is 5.91 Å². The Kier molecular flexibility index (Phi) is 4.69. The van der Waals surface area contributed by atoms with Crippen molar-refractivity contribution in [2.45, 2.75) is 13.5 Å². The van der Waals surface area contributed by atoms with Crippen LogP contribution in [-0.2, 0) is 6.54 Å². The summed E-state index contributed by atoms with van der Waals surface area (Å²) >= 11 is 3.31. The fourth-order valence-corrected chi connectivity index (χ4v) is 4.24. The molecule has 0 aliphatic carbocycles. The number of rotatable bonds is 5. The number of nitrogens with one attached hydrogen (secondary N) is 1. The van der Waals surface area contributed by atoms with Gasteiger partial charge < -0.3 is 9.88 Å². The largest absolute Gasteiger partial charge is 0.347 e. The van der Waals surface area contributed by atoms with Crippen molar-refractivity contribution in [1.29, 1.82) is 0 Å². The quantitative estimate of drug-likeness (QED) is 0.536. The first-order valence-corrected chi connectivity index (χ1v) is 9.91. The molecular formula is C20H17N3OS2. The number of benzene rings is 1. The number of hydrogen-bond donors (Lipinski definition) is 1. The van der Waals surface area contributed by atoms with Crippen LogP contribution in [0.2, 0.25) is 0 Å². The number of aromatic nitrogens is 2. The van der Waals surface area contributed by atoms with E-state index in [2.05, 4.69) is 21.7 Å². The Morgan fingerprint density at radius 2 is 1.88 bits per heavy atom. The fraction of sp³-hybridized carbons (Fsp3) is 0.100. The molecule has 0 atom stereocenters. The van der Waals surface area contributed by atoms with Crippen molar-refractivity contribution in [3.8, 4) is 16.3 Å². The van der Waals surface area contributed by atoms with Crippen LogP contribution in [0.25, 0.3) is 16.3 Å². The number of carbonyl (C=O) groups excluding carboxylic acids is 1. The third kappa shape index (κ3) is 3.61. The molecule has 3 aromatic heterocycles. The predicted molar refractivity (Wildman–Crippen MR) is 107 cm³/mol. The summed E-state index contributed by atoms with van der Waals surface area (Å²) in [6.45, 7) is 2.52. The summed E-state index contributed by atoms with van der Waals surface area (Å²) in [5.74, 6) is -0.0662. The summed E-state index contributed by atoms with van der Waals surface area (Å²) in [4.78, 5) is 19.1. The normalized spacial score (nSPS) is 10.8. The molecule has 26 heavy (non-hydrogen) atoms. The first-order valence-electron chi connectivity index (χ1n) is 8.22. The van der Waals surface area contributed by atoms with Gasteiger partial charge in [0.2, 0.25) is 0 Å². The van der Waals surface area contributed by atoms with Crippen LogP contribution in [-0.4, -0.2) is 15.5 Å². The lowest BCUT2D eigenvalue weighted by Crippen LogP contribution is -2.22. The number of thiazole rings is 1. The number of thiophene rings is 1. The van der Waals surface area contributed by atoms with Crippen molar-refractivity contribution in [3.63, 3.8) is 0 Å². The monoisotopic (exact) mass is 379 g/mol. The molecule has 0 aliphatic rings. The highest BCUT2D eigenvalue weighted by atomic mass is 32.1. The summed E-state index contributed by atoms with van der Waals surface area (Å²) in [5, 5.41) is 6.11. The van der Waals surface area contributed by atoms with Crippen molar-refractivity contribution < 1.29 is 4.79 Å². The summed E-state index contributed by atoms with van der Waals surface area (Å²) in [5.41, 5.74) is 2.71. The van der Waals surface area contributed by atoms with Crippen LogP contribution in [0, 0.1) is 6.92 Å². The molecule has 130 valence electrons. The summed E-state index contributed by atoms with van der Waals surface area (Å²) in [6.07, 6.45) is 3.96.